The molecule has 2 rings (SSSR count). The maximum Gasteiger partial charge on any atom is 0.336 e. The Bertz CT molecular complexity index is 656. The number of carboxylic acid groups (broad SMARTS) is 1. The third kappa shape index (κ3) is 3.53. The molecule has 1 aliphatic rings. The lowest BCUT2D eigenvalue weighted by Crippen LogP contribution is -2.26. The molecule has 0 aliphatic carbocycles. The first-order valence-electron chi connectivity index (χ1n) is 8.16. The molecule has 6 heteroatoms. The van der Waals surface area contributed by atoms with Gasteiger partial charge in [-0.25, -0.2) is 4.79 Å². The number of ether oxygens (including phenoxy) is 1. The van der Waals surface area contributed by atoms with Crippen molar-refractivity contribution in [3.05, 3.63) is 28.3 Å². The minimum atomic E-state index is -1.01. The fourth-order valence-corrected chi connectivity index (χ4v) is 3.29. The van der Waals surface area contributed by atoms with Gasteiger partial charge >= 0.3 is 5.97 Å². The van der Waals surface area contributed by atoms with Gasteiger partial charge in [-0.2, -0.15) is 0 Å². The molecule has 1 aliphatic heterocycles. The third-order valence-electron chi connectivity index (χ3n) is 4.45. The number of amides is 1. The Morgan fingerprint density at radius 1 is 1.29 bits per heavy atom. The molecular weight excluding hydrogens is 308 g/mol. The quantitative estimate of drug-likeness (QED) is 0.862. The fraction of sp³-hybridized carbons (Fsp3) is 0.556. The minimum Gasteiger partial charge on any atom is -0.496 e. The molecule has 0 unspecified atom stereocenters. The molecule has 0 saturated carbocycles. The summed E-state index contributed by atoms with van der Waals surface area (Å²) in [5, 5.41) is 9.84. The van der Waals surface area contributed by atoms with Crippen molar-refractivity contribution < 1.29 is 19.4 Å². The van der Waals surface area contributed by atoms with Crippen LogP contribution in [0, 0.1) is 0 Å². The number of rotatable bonds is 5. The first-order valence-corrected chi connectivity index (χ1v) is 8.16. The van der Waals surface area contributed by atoms with E-state index in [1.165, 1.54) is 7.11 Å². The first-order chi connectivity index (χ1) is 11.2. The molecular formula is C18H26N2O4. The Labute approximate surface area is 142 Å². The van der Waals surface area contributed by atoms with E-state index in [1.807, 2.05) is 20.8 Å². The molecule has 1 fully saturated rings. The van der Waals surface area contributed by atoms with Crippen molar-refractivity contribution in [3.63, 3.8) is 0 Å². The molecule has 1 saturated heterocycles. The Morgan fingerprint density at radius 3 is 2.29 bits per heavy atom. The van der Waals surface area contributed by atoms with Gasteiger partial charge in [-0.3, -0.25) is 9.69 Å². The van der Waals surface area contributed by atoms with Gasteiger partial charge in [0.25, 0.3) is 5.91 Å². The molecule has 6 nitrogen and oxygen atoms in total. The molecule has 0 radical (unpaired) electrons. The second-order valence-electron chi connectivity index (χ2n) is 7.26. The minimum absolute atomic E-state index is 0.219. The average Bonchev–Trinajstić information content (AvgIpc) is 2.97. The molecule has 24 heavy (non-hydrogen) atoms. The number of carbonyl (C=O) groups is 2. The summed E-state index contributed by atoms with van der Waals surface area (Å²) in [5.74, 6) is -1.35. The van der Waals surface area contributed by atoms with E-state index >= 15 is 0 Å². The number of aromatic carboxylic acids is 1. The summed E-state index contributed by atoms with van der Waals surface area (Å²) in [7, 11) is 1.44. The fourth-order valence-electron chi connectivity index (χ4n) is 3.29. The van der Waals surface area contributed by atoms with Crippen molar-refractivity contribution in [2.45, 2.75) is 45.6 Å². The van der Waals surface area contributed by atoms with Crippen LogP contribution in [0.5, 0.6) is 5.75 Å². The van der Waals surface area contributed by atoms with Crippen LogP contribution in [0.4, 0.5) is 0 Å². The molecule has 1 aromatic rings. The average molecular weight is 334 g/mol. The maximum absolute atomic E-state index is 12.0. The molecule has 0 atom stereocenters. The SMILES string of the molecule is COc1c(C(N)=O)cc(C(C)(C)C)c(C(=O)O)c1CN1CCCC1. The highest BCUT2D eigenvalue weighted by Gasteiger charge is 2.31. The summed E-state index contributed by atoms with van der Waals surface area (Å²) < 4.78 is 5.42. The van der Waals surface area contributed by atoms with Crippen molar-refractivity contribution in [1.29, 1.82) is 0 Å². The predicted octanol–water partition coefficient (Wildman–Crippen LogP) is 2.39. The number of carboxylic acids is 1. The summed E-state index contributed by atoms with van der Waals surface area (Å²) in [6.45, 7) is 8.03. The Balaban J connectivity index is 2.76. The standard InChI is InChI=1S/C18H26N2O4/c1-18(2,3)13-9-11(16(19)21)15(24-4)12(14(13)17(22)23)10-20-7-5-6-8-20/h9H,5-8,10H2,1-4H3,(H2,19,21)(H,22,23). The van der Waals surface area contributed by atoms with E-state index in [1.54, 1.807) is 6.07 Å². The Hall–Kier alpha value is -2.08. The number of carbonyl (C=O) groups excluding carboxylic acids is 1. The van der Waals surface area contributed by atoms with E-state index in [9.17, 15) is 14.7 Å². The molecule has 3 N–H and O–H groups in total. The number of hydrogen-bond donors (Lipinski definition) is 2. The monoisotopic (exact) mass is 334 g/mol. The zero-order valence-corrected chi connectivity index (χ0v) is 14.8. The second kappa shape index (κ2) is 6.81. The zero-order valence-electron chi connectivity index (χ0n) is 14.8. The third-order valence-corrected chi connectivity index (χ3v) is 4.45. The number of nitrogens with two attached hydrogens (primary N) is 1. The normalized spacial score (nSPS) is 15.5. The molecule has 1 amide bonds. The van der Waals surface area contributed by atoms with E-state index < -0.39 is 17.3 Å². The van der Waals surface area contributed by atoms with E-state index in [-0.39, 0.29) is 16.9 Å². The first kappa shape index (κ1) is 18.3. The van der Waals surface area contributed by atoms with Gasteiger partial charge in [-0.15, -0.1) is 0 Å². The highest BCUT2D eigenvalue weighted by Crippen LogP contribution is 2.37. The number of nitrogens with zero attached hydrogens (tertiary/aromatic N) is 1. The van der Waals surface area contributed by atoms with E-state index in [0.29, 0.717) is 17.7 Å². The number of benzene rings is 1. The van der Waals surface area contributed by atoms with Gasteiger partial charge in [0.05, 0.1) is 18.2 Å². The molecule has 0 bridgehead atoms. The van der Waals surface area contributed by atoms with E-state index in [0.717, 1.165) is 25.9 Å². The van der Waals surface area contributed by atoms with Crippen LogP contribution in [0.25, 0.3) is 0 Å². The van der Waals surface area contributed by atoms with Gasteiger partial charge in [0.15, 0.2) is 0 Å². The molecule has 0 spiro atoms. The van der Waals surface area contributed by atoms with Gasteiger partial charge in [-0.1, -0.05) is 20.8 Å². The lowest BCUT2D eigenvalue weighted by atomic mass is 9.80. The van der Waals surface area contributed by atoms with Crippen molar-refractivity contribution in [2.75, 3.05) is 20.2 Å². The number of methoxy groups -OCH3 is 1. The van der Waals surface area contributed by atoms with Crippen LogP contribution in [0.3, 0.4) is 0 Å². The van der Waals surface area contributed by atoms with Crippen LogP contribution < -0.4 is 10.5 Å². The van der Waals surface area contributed by atoms with Crippen LogP contribution in [0.1, 0.15) is 65.5 Å². The summed E-state index contributed by atoms with van der Waals surface area (Å²) >= 11 is 0. The summed E-state index contributed by atoms with van der Waals surface area (Å²) in [5.41, 5.74) is 6.67. The molecule has 132 valence electrons. The molecule has 0 aromatic heterocycles. The van der Waals surface area contributed by atoms with Gasteiger partial charge < -0.3 is 15.6 Å². The lowest BCUT2D eigenvalue weighted by molar-refractivity contribution is 0.0690. The van der Waals surface area contributed by atoms with Gasteiger partial charge in [0.2, 0.25) is 0 Å². The summed E-state index contributed by atoms with van der Waals surface area (Å²) in [4.78, 5) is 26.1. The predicted molar refractivity (Wildman–Crippen MR) is 91.7 cm³/mol. The smallest absolute Gasteiger partial charge is 0.336 e. The van der Waals surface area contributed by atoms with Crippen molar-refractivity contribution in [3.8, 4) is 5.75 Å². The highest BCUT2D eigenvalue weighted by molar-refractivity contribution is 6.00. The molecule has 1 heterocycles. The van der Waals surface area contributed by atoms with Crippen LogP contribution in [-0.2, 0) is 12.0 Å². The maximum atomic E-state index is 12.0. The number of hydrogen-bond acceptors (Lipinski definition) is 4. The van der Waals surface area contributed by atoms with E-state index in [4.69, 9.17) is 10.5 Å². The van der Waals surface area contributed by atoms with Crippen molar-refractivity contribution >= 4 is 11.9 Å². The van der Waals surface area contributed by atoms with Crippen LogP contribution >= 0.6 is 0 Å². The van der Waals surface area contributed by atoms with Gasteiger partial charge in [0, 0.05) is 12.1 Å². The van der Waals surface area contributed by atoms with Crippen molar-refractivity contribution in [1.82, 2.24) is 4.90 Å². The van der Waals surface area contributed by atoms with Crippen molar-refractivity contribution in [2.24, 2.45) is 5.73 Å². The second-order valence-corrected chi connectivity index (χ2v) is 7.26. The topological polar surface area (TPSA) is 92.9 Å². The van der Waals surface area contributed by atoms with Gasteiger partial charge in [0.1, 0.15) is 5.75 Å². The Kier molecular flexibility index (Phi) is 5.18. The van der Waals surface area contributed by atoms with Crippen LogP contribution in [0.2, 0.25) is 0 Å². The highest BCUT2D eigenvalue weighted by atomic mass is 16.5. The van der Waals surface area contributed by atoms with E-state index in [2.05, 4.69) is 4.90 Å². The number of primary amides is 1. The summed E-state index contributed by atoms with van der Waals surface area (Å²) in [6.07, 6.45) is 2.18. The largest absolute Gasteiger partial charge is 0.496 e. The van der Waals surface area contributed by atoms with Gasteiger partial charge in [-0.05, 0) is 43.0 Å². The number of likely N-dealkylation sites (tertiary alicyclic amines) is 1. The molecule has 1 aromatic carbocycles. The summed E-state index contributed by atoms with van der Waals surface area (Å²) in [6, 6.07) is 1.57. The van der Waals surface area contributed by atoms with Crippen LogP contribution in [-0.4, -0.2) is 42.1 Å². The zero-order chi connectivity index (χ0) is 18.1. The van der Waals surface area contributed by atoms with Crippen LogP contribution in [0.15, 0.2) is 6.07 Å². The Morgan fingerprint density at radius 2 is 1.88 bits per heavy atom. The lowest BCUT2D eigenvalue weighted by Gasteiger charge is -2.27.